The second-order valence-electron chi connectivity index (χ2n) is 4.87. The van der Waals surface area contributed by atoms with Gasteiger partial charge in [0.1, 0.15) is 12.0 Å². The Balaban J connectivity index is 2.07. The maximum atomic E-state index is 4.79. The highest BCUT2D eigenvalue weighted by molar-refractivity contribution is 5.44. The van der Waals surface area contributed by atoms with Crippen molar-refractivity contribution in [1.29, 1.82) is 0 Å². The van der Waals surface area contributed by atoms with Gasteiger partial charge >= 0.3 is 0 Å². The highest BCUT2D eigenvalue weighted by Crippen LogP contribution is 2.27. The van der Waals surface area contributed by atoms with Crippen molar-refractivity contribution in [2.45, 2.75) is 32.6 Å². The van der Waals surface area contributed by atoms with Crippen LogP contribution in [0.15, 0.2) is 12.4 Å². The van der Waals surface area contributed by atoms with Gasteiger partial charge in [-0.2, -0.15) is 0 Å². The molecule has 0 atom stereocenters. The van der Waals surface area contributed by atoms with Crippen molar-refractivity contribution in [3.05, 3.63) is 29.5 Å². The van der Waals surface area contributed by atoms with Crippen LogP contribution in [0.3, 0.4) is 0 Å². The van der Waals surface area contributed by atoms with Crippen molar-refractivity contribution in [3.63, 3.8) is 0 Å². The van der Waals surface area contributed by atoms with Crippen LogP contribution in [0, 0.1) is 13.8 Å². The van der Waals surface area contributed by atoms with Gasteiger partial charge in [0.2, 0.25) is 0 Å². The van der Waals surface area contributed by atoms with E-state index >= 15 is 0 Å². The molecule has 0 amide bonds. The molecular weight excluding hydrogens is 212 g/mol. The average molecular weight is 230 g/mol. The lowest BCUT2D eigenvalue weighted by Gasteiger charge is -2.21. The topological polar surface area (TPSA) is 42.2 Å². The molecule has 2 aromatic rings. The predicted molar refractivity (Wildman–Crippen MR) is 67.3 cm³/mol. The minimum Gasteiger partial charge on any atom is -0.317 e. The van der Waals surface area contributed by atoms with E-state index in [0.717, 1.165) is 24.4 Å². The zero-order valence-corrected chi connectivity index (χ0v) is 10.4. The fraction of sp³-hybridized carbons (Fsp3) is 0.538. The molecule has 90 valence electrons. The number of hydrogen-bond donors (Lipinski definition) is 1. The second kappa shape index (κ2) is 4.11. The molecule has 4 nitrogen and oxygen atoms in total. The molecule has 17 heavy (non-hydrogen) atoms. The SMILES string of the molecule is Cc1cc2nc(C3CCNCC3)c(C)n2cn1. The summed E-state index contributed by atoms with van der Waals surface area (Å²) in [5.41, 5.74) is 4.57. The van der Waals surface area contributed by atoms with Crippen LogP contribution in [0.25, 0.3) is 5.65 Å². The molecular formula is C13H18N4. The summed E-state index contributed by atoms with van der Waals surface area (Å²) >= 11 is 0. The summed E-state index contributed by atoms with van der Waals surface area (Å²) in [6.45, 7) is 6.37. The van der Waals surface area contributed by atoms with E-state index in [4.69, 9.17) is 4.98 Å². The van der Waals surface area contributed by atoms with Crippen LogP contribution in [0.2, 0.25) is 0 Å². The lowest BCUT2D eigenvalue weighted by molar-refractivity contribution is 0.453. The van der Waals surface area contributed by atoms with Gasteiger partial charge in [0.05, 0.1) is 5.69 Å². The van der Waals surface area contributed by atoms with Gasteiger partial charge in [0.25, 0.3) is 0 Å². The van der Waals surface area contributed by atoms with Crippen molar-refractivity contribution in [2.24, 2.45) is 0 Å². The summed E-state index contributed by atoms with van der Waals surface area (Å²) < 4.78 is 2.10. The summed E-state index contributed by atoms with van der Waals surface area (Å²) in [5, 5.41) is 3.40. The summed E-state index contributed by atoms with van der Waals surface area (Å²) in [6, 6.07) is 2.05. The number of aryl methyl sites for hydroxylation is 2. The molecule has 1 saturated heterocycles. The van der Waals surface area contributed by atoms with Gasteiger partial charge < -0.3 is 5.32 Å². The number of aromatic nitrogens is 3. The van der Waals surface area contributed by atoms with Gasteiger partial charge in [-0.25, -0.2) is 9.97 Å². The van der Waals surface area contributed by atoms with Crippen LogP contribution in [0.5, 0.6) is 0 Å². The predicted octanol–water partition coefficient (Wildman–Crippen LogP) is 1.81. The van der Waals surface area contributed by atoms with Crippen LogP contribution < -0.4 is 5.32 Å². The van der Waals surface area contributed by atoms with Crippen LogP contribution in [-0.2, 0) is 0 Å². The van der Waals surface area contributed by atoms with Gasteiger partial charge in [-0.3, -0.25) is 4.40 Å². The molecule has 1 N–H and O–H groups in total. The van der Waals surface area contributed by atoms with Crippen LogP contribution in [0.1, 0.15) is 35.8 Å². The van der Waals surface area contributed by atoms with E-state index in [9.17, 15) is 0 Å². The van der Waals surface area contributed by atoms with Crippen LogP contribution in [-0.4, -0.2) is 27.5 Å². The third-order valence-electron chi connectivity index (χ3n) is 3.65. The number of imidazole rings is 1. The largest absolute Gasteiger partial charge is 0.317 e. The molecule has 0 unspecified atom stereocenters. The molecule has 3 heterocycles. The highest BCUT2D eigenvalue weighted by Gasteiger charge is 2.21. The van der Waals surface area contributed by atoms with Crippen LogP contribution in [0.4, 0.5) is 0 Å². The molecule has 0 saturated carbocycles. The van der Waals surface area contributed by atoms with E-state index in [-0.39, 0.29) is 0 Å². The Kier molecular flexibility index (Phi) is 2.59. The number of piperidine rings is 1. The molecule has 4 heteroatoms. The number of rotatable bonds is 1. The van der Waals surface area contributed by atoms with Gasteiger partial charge in [0, 0.05) is 23.4 Å². The zero-order chi connectivity index (χ0) is 11.8. The van der Waals surface area contributed by atoms with Crippen molar-refractivity contribution in [2.75, 3.05) is 13.1 Å². The second-order valence-corrected chi connectivity index (χ2v) is 4.87. The van der Waals surface area contributed by atoms with Crippen molar-refractivity contribution in [1.82, 2.24) is 19.7 Å². The van der Waals surface area contributed by atoms with Gasteiger partial charge in [-0.1, -0.05) is 0 Å². The first kappa shape index (κ1) is 10.7. The molecule has 1 fully saturated rings. The fourth-order valence-electron chi connectivity index (χ4n) is 2.66. The number of nitrogens with one attached hydrogen (secondary N) is 1. The summed E-state index contributed by atoms with van der Waals surface area (Å²) in [6.07, 6.45) is 4.27. The van der Waals surface area contributed by atoms with E-state index < -0.39 is 0 Å². The smallest absolute Gasteiger partial charge is 0.140 e. The van der Waals surface area contributed by atoms with E-state index in [0.29, 0.717) is 5.92 Å². The molecule has 0 bridgehead atoms. The Labute approximate surface area is 101 Å². The molecule has 0 aromatic carbocycles. The van der Waals surface area contributed by atoms with Crippen molar-refractivity contribution in [3.8, 4) is 0 Å². The van der Waals surface area contributed by atoms with E-state index in [1.807, 2.05) is 13.3 Å². The fourth-order valence-corrected chi connectivity index (χ4v) is 2.66. The highest BCUT2D eigenvalue weighted by atomic mass is 15.1. The van der Waals surface area contributed by atoms with Crippen molar-refractivity contribution < 1.29 is 0 Å². The Morgan fingerprint density at radius 2 is 2.06 bits per heavy atom. The summed E-state index contributed by atoms with van der Waals surface area (Å²) in [7, 11) is 0. The third kappa shape index (κ3) is 1.82. The van der Waals surface area contributed by atoms with Crippen LogP contribution >= 0.6 is 0 Å². The van der Waals surface area contributed by atoms with Gasteiger partial charge in [-0.05, 0) is 39.8 Å². The third-order valence-corrected chi connectivity index (χ3v) is 3.65. The summed E-state index contributed by atoms with van der Waals surface area (Å²) in [4.78, 5) is 9.13. The van der Waals surface area contributed by atoms with Crippen molar-refractivity contribution >= 4 is 5.65 Å². The van der Waals surface area contributed by atoms with E-state index in [2.05, 4.69) is 27.7 Å². The van der Waals surface area contributed by atoms with E-state index in [1.165, 1.54) is 24.2 Å². The number of fused-ring (bicyclic) bond motifs is 1. The molecule has 3 rings (SSSR count). The average Bonchev–Trinajstić information content (AvgIpc) is 2.67. The molecule has 1 aliphatic rings. The lowest BCUT2D eigenvalue weighted by Crippen LogP contribution is -2.27. The zero-order valence-electron chi connectivity index (χ0n) is 10.4. The first-order valence-corrected chi connectivity index (χ1v) is 6.27. The Bertz CT molecular complexity index is 538. The van der Waals surface area contributed by atoms with Gasteiger partial charge in [0.15, 0.2) is 0 Å². The molecule has 0 aliphatic carbocycles. The monoisotopic (exact) mass is 230 g/mol. The quantitative estimate of drug-likeness (QED) is 0.812. The number of hydrogen-bond acceptors (Lipinski definition) is 3. The summed E-state index contributed by atoms with van der Waals surface area (Å²) in [5.74, 6) is 0.608. The Morgan fingerprint density at radius 1 is 1.29 bits per heavy atom. The lowest BCUT2D eigenvalue weighted by atomic mass is 9.94. The Morgan fingerprint density at radius 3 is 2.82 bits per heavy atom. The number of nitrogens with zero attached hydrogens (tertiary/aromatic N) is 3. The molecule has 2 aromatic heterocycles. The first-order valence-electron chi connectivity index (χ1n) is 6.27. The first-order chi connectivity index (χ1) is 8.25. The maximum Gasteiger partial charge on any atom is 0.140 e. The minimum atomic E-state index is 0.608. The molecule has 1 aliphatic heterocycles. The Hall–Kier alpha value is -1.42. The normalized spacial score (nSPS) is 17.8. The van der Waals surface area contributed by atoms with E-state index in [1.54, 1.807) is 0 Å². The molecule has 0 spiro atoms. The standard InChI is InChI=1S/C13H18N4/c1-9-7-12-16-13(10(2)17(12)8-15-9)11-3-5-14-6-4-11/h7-8,11,14H,3-6H2,1-2H3. The minimum absolute atomic E-state index is 0.608. The maximum absolute atomic E-state index is 4.79. The van der Waals surface area contributed by atoms with Gasteiger partial charge in [-0.15, -0.1) is 0 Å². The molecule has 0 radical (unpaired) electrons.